The highest BCUT2D eigenvalue weighted by Gasteiger charge is 2.24. The molecule has 116 valence electrons. The predicted octanol–water partition coefficient (Wildman–Crippen LogP) is 1.62. The summed E-state index contributed by atoms with van der Waals surface area (Å²) < 4.78 is 0. The van der Waals surface area contributed by atoms with Crippen LogP contribution in [0.15, 0.2) is 18.2 Å². The first-order chi connectivity index (χ1) is 9.73. The van der Waals surface area contributed by atoms with E-state index in [1.165, 1.54) is 12.1 Å². The summed E-state index contributed by atoms with van der Waals surface area (Å²) in [4.78, 5) is 24.2. The van der Waals surface area contributed by atoms with E-state index in [2.05, 4.69) is 5.32 Å². The molecule has 0 aromatic heterocycles. The summed E-state index contributed by atoms with van der Waals surface area (Å²) >= 11 is 0. The standard InChI is InChI=1S/C14H21N3O4/c1-9(2)11(8-16(3)4)15-14(19)10-6-5-7-12(13(10)18)17(20)21/h5-7,9,11,18H,8H2,1-4H3,(H,15,19). The average Bonchev–Trinajstić information content (AvgIpc) is 2.36. The van der Waals surface area contributed by atoms with Gasteiger partial charge < -0.3 is 15.3 Å². The van der Waals surface area contributed by atoms with Gasteiger partial charge >= 0.3 is 5.69 Å². The van der Waals surface area contributed by atoms with E-state index in [9.17, 15) is 20.0 Å². The van der Waals surface area contributed by atoms with Crippen molar-refractivity contribution < 1.29 is 14.8 Å². The van der Waals surface area contributed by atoms with Crippen LogP contribution in [0.25, 0.3) is 0 Å². The molecular weight excluding hydrogens is 274 g/mol. The first-order valence-electron chi connectivity index (χ1n) is 6.66. The Labute approximate surface area is 123 Å². The number of hydrogen-bond acceptors (Lipinski definition) is 5. The number of rotatable bonds is 6. The van der Waals surface area contributed by atoms with Crippen LogP contribution in [-0.4, -0.2) is 47.5 Å². The number of hydrogen-bond donors (Lipinski definition) is 2. The fourth-order valence-electron chi connectivity index (χ4n) is 1.92. The Kier molecular flexibility index (Phi) is 5.66. The van der Waals surface area contributed by atoms with Crippen LogP contribution in [0, 0.1) is 16.0 Å². The van der Waals surface area contributed by atoms with E-state index < -0.39 is 22.3 Å². The molecule has 1 aromatic carbocycles. The van der Waals surface area contributed by atoms with Crippen molar-refractivity contribution >= 4 is 11.6 Å². The molecule has 1 rings (SSSR count). The van der Waals surface area contributed by atoms with Crippen molar-refractivity contribution in [3.8, 4) is 5.75 Å². The summed E-state index contributed by atoms with van der Waals surface area (Å²) in [5.74, 6) is -0.929. The van der Waals surface area contributed by atoms with Gasteiger partial charge in [-0.3, -0.25) is 14.9 Å². The number of carbonyl (C=O) groups excluding carboxylic acids is 1. The number of nitro benzene ring substituents is 1. The molecule has 0 spiro atoms. The molecule has 1 amide bonds. The molecule has 1 aromatic rings. The highest BCUT2D eigenvalue weighted by Crippen LogP contribution is 2.29. The zero-order valence-corrected chi connectivity index (χ0v) is 12.7. The van der Waals surface area contributed by atoms with E-state index in [1.807, 2.05) is 32.8 Å². The lowest BCUT2D eigenvalue weighted by Gasteiger charge is -2.25. The van der Waals surface area contributed by atoms with Crippen molar-refractivity contribution in [1.29, 1.82) is 0 Å². The quantitative estimate of drug-likeness (QED) is 0.614. The van der Waals surface area contributed by atoms with Crippen molar-refractivity contribution in [1.82, 2.24) is 10.2 Å². The second-order valence-electron chi connectivity index (χ2n) is 5.52. The molecule has 0 fully saturated rings. The van der Waals surface area contributed by atoms with Crippen LogP contribution in [0.2, 0.25) is 0 Å². The number of amides is 1. The Morgan fingerprint density at radius 3 is 2.52 bits per heavy atom. The molecule has 0 bridgehead atoms. The van der Waals surface area contributed by atoms with E-state index in [4.69, 9.17) is 0 Å². The molecule has 7 nitrogen and oxygen atoms in total. The number of likely N-dealkylation sites (N-methyl/N-ethyl adjacent to an activating group) is 1. The van der Waals surface area contributed by atoms with Crippen LogP contribution in [0.4, 0.5) is 5.69 Å². The van der Waals surface area contributed by atoms with Crippen molar-refractivity contribution in [2.24, 2.45) is 5.92 Å². The van der Waals surface area contributed by atoms with Gasteiger partial charge in [0.05, 0.1) is 10.5 Å². The summed E-state index contributed by atoms with van der Waals surface area (Å²) in [7, 11) is 3.79. The van der Waals surface area contributed by atoms with Gasteiger partial charge in [0.2, 0.25) is 5.75 Å². The zero-order chi connectivity index (χ0) is 16.2. The van der Waals surface area contributed by atoms with Crippen LogP contribution in [-0.2, 0) is 0 Å². The van der Waals surface area contributed by atoms with E-state index in [0.29, 0.717) is 6.54 Å². The zero-order valence-electron chi connectivity index (χ0n) is 12.7. The van der Waals surface area contributed by atoms with Crippen LogP contribution in [0.3, 0.4) is 0 Å². The molecule has 0 aliphatic heterocycles. The highest BCUT2D eigenvalue weighted by atomic mass is 16.6. The maximum atomic E-state index is 12.2. The predicted molar refractivity (Wildman–Crippen MR) is 79.4 cm³/mol. The van der Waals surface area contributed by atoms with Gasteiger partial charge in [-0.1, -0.05) is 19.9 Å². The summed E-state index contributed by atoms with van der Waals surface area (Å²) in [6, 6.07) is 3.78. The maximum absolute atomic E-state index is 12.2. The van der Waals surface area contributed by atoms with Crippen LogP contribution >= 0.6 is 0 Å². The van der Waals surface area contributed by atoms with Gasteiger partial charge in [0.25, 0.3) is 5.91 Å². The van der Waals surface area contributed by atoms with E-state index >= 15 is 0 Å². The first-order valence-corrected chi connectivity index (χ1v) is 6.66. The fourth-order valence-corrected chi connectivity index (χ4v) is 1.92. The highest BCUT2D eigenvalue weighted by molar-refractivity contribution is 5.98. The lowest BCUT2D eigenvalue weighted by atomic mass is 10.0. The number of phenols is 1. The number of nitro groups is 1. The van der Waals surface area contributed by atoms with Gasteiger partial charge in [0, 0.05) is 18.7 Å². The number of aromatic hydroxyl groups is 1. The molecule has 0 radical (unpaired) electrons. The third-order valence-corrected chi connectivity index (χ3v) is 3.14. The largest absolute Gasteiger partial charge is 0.502 e. The third kappa shape index (κ3) is 4.42. The number of nitrogens with zero attached hydrogens (tertiary/aromatic N) is 2. The number of nitrogens with one attached hydrogen (secondary N) is 1. The average molecular weight is 295 g/mol. The molecule has 7 heteroatoms. The topological polar surface area (TPSA) is 95.7 Å². The van der Waals surface area contributed by atoms with E-state index in [1.54, 1.807) is 0 Å². The minimum Gasteiger partial charge on any atom is -0.502 e. The Hall–Kier alpha value is -2.15. The van der Waals surface area contributed by atoms with Crippen LogP contribution in [0.5, 0.6) is 5.75 Å². The minimum atomic E-state index is -0.716. The Morgan fingerprint density at radius 2 is 2.05 bits per heavy atom. The van der Waals surface area contributed by atoms with Gasteiger partial charge in [-0.25, -0.2) is 0 Å². The molecule has 0 saturated heterocycles. The van der Waals surface area contributed by atoms with Gasteiger partial charge in [-0.15, -0.1) is 0 Å². The van der Waals surface area contributed by atoms with Gasteiger partial charge in [-0.05, 0) is 26.1 Å². The smallest absolute Gasteiger partial charge is 0.311 e. The van der Waals surface area contributed by atoms with Crippen molar-refractivity contribution in [3.63, 3.8) is 0 Å². The summed E-state index contributed by atoms with van der Waals surface area (Å²) in [5.41, 5.74) is -0.565. The molecule has 0 saturated carbocycles. The van der Waals surface area contributed by atoms with Crippen LogP contribution in [0.1, 0.15) is 24.2 Å². The lowest BCUT2D eigenvalue weighted by Crippen LogP contribution is -2.45. The minimum absolute atomic E-state index is 0.0893. The maximum Gasteiger partial charge on any atom is 0.311 e. The normalized spacial score (nSPS) is 12.5. The number of benzene rings is 1. The third-order valence-electron chi connectivity index (χ3n) is 3.14. The van der Waals surface area contributed by atoms with Gasteiger partial charge in [-0.2, -0.15) is 0 Å². The van der Waals surface area contributed by atoms with E-state index in [0.717, 1.165) is 6.07 Å². The summed E-state index contributed by atoms with van der Waals surface area (Å²) in [6.07, 6.45) is 0. The summed E-state index contributed by atoms with van der Waals surface area (Å²) in [5, 5.41) is 23.4. The SMILES string of the molecule is CC(C)C(CN(C)C)NC(=O)c1cccc([N+](=O)[O-])c1O. The lowest BCUT2D eigenvalue weighted by molar-refractivity contribution is -0.385. The van der Waals surface area contributed by atoms with Crippen molar-refractivity contribution in [3.05, 3.63) is 33.9 Å². The molecule has 1 unspecified atom stereocenters. The number of para-hydroxylation sites is 1. The molecule has 21 heavy (non-hydrogen) atoms. The molecular formula is C14H21N3O4. The van der Waals surface area contributed by atoms with Crippen molar-refractivity contribution in [2.75, 3.05) is 20.6 Å². The van der Waals surface area contributed by atoms with Gasteiger partial charge in [0.1, 0.15) is 0 Å². The van der Waals surface area contributed by atoms with Crippen LogP contribution < -0.4 is 5.32 Å². The first kappa shape index (κ1) is 16.9. The van der Waals surface area contributed by atoms with E-state index in [-0.39, 0.29) is 17.5 Å². The second-order valence-corrected chi connectivity index (χ2v) is 5.52. The Morgan fingerprint density at radius 1 is 1.43 bits per heavy atom. The molecule has 0 aliphatic carbocycles. The Bertz CT molecular complexity index is 529. The molecule has 1 atom stereocenters. The second kappa shape index (κ2) is 7.03. The summed E-state index contributed by atoms with van der Waals surface area (Å²) in [6.45, 7) is 4.59. The molecule has 2 N–H and O–H groups in total. The molecule has 0 heterocycles. The fraction of sp³-hybridized carbons (Fsp3) is 0.500. The monoisotopic (exact) mass is 295 g/mol. The number of phenolic OH excluding ortho intramolecular Hbond substituents is 1. The van der Waals surface area contributed by atoms with Gasteiger partial charge in [0.15, 0.2) is 0 Å². The molecule has 0 aliphatic rings. The van der Waals surface area contributed by atoms with Crippen molar-refractivity contribution in [2.45, 2.75) is 19.9 Å². The Balaban J connectivity index is 2.98. The number of carbonyl (C=O) groups is 1.